The zero-order valence-corrected chi connectivity index (χ0v) is 13.5. The maximum atomic E-state index is 13.3. The lowest BCUT2D eigenvalue weighted by molar-refractivity contribution is -0.140. The van der Waals surface area contributed by atoms with Crippen molar-refractivity contribution in [1.82, 2.24) is 14.9 Å². The third-order valence-corrected chi connectivity index (χ3v) is 4.41. The van der Waals surface area contributed by atoms with Crippen LogP contribution in [0.5, 0.6) is 0 Å². The first kappa shape index (κ1) is 17.5. The summed E-state index contributed by atoms with van der Waals surface area (Å²) < 4.78 is 53.2. The molecule has 0 saturated carbocycles. The molecule has 1 saturated heterocycles. The van der Waals surface area contributed by atoms with E-state index in [1.54, 1.807) is 0 Å². The summed E-state index contributed by atoms with van der Waals surface area (Å²) in [6.45, 7) is 0.471. The second-order valence-corrected chi connectivity index (χ2v) is 6.29. The van der Waals surface area contributed by atoms with E-state index in [1.807, 2.05) is 0 Å². The van der Waals surface area contributed by atoms with Gasteiger partial charge in [-0.25, -0.2) is 14.2 Å². The lowest BCUT2D eigenvalue weighted by Crippen LogP contribution is -2.33. The molecule has 0 atom stereocenters. The monoisotopic (exact) mass is 372 g/mol. The van der Waals surface area contributed by atoms with Crippen molar-refractivity contribution in [2.45, 2.75) is 6.18 Å². The molecular formula is C15H12F4N4OS. The van der Waals surface area contributed by atoms with Gasteiger partial charge in [-0.1, -0.05) is 0 Å². The summed E-state index contributed by atoms with van der Waals surface area (Å²) >= 11 is 1.52. The molecule has 25 heavy (non-hydrogen) atoms. The molecule has 1 aliphatic rings. The zero-order chi connectivity index (χ0) is 18.0. The number of amides is 2. The molecule has 10 heteroatoms. The molecule has 0 unspecified atom stereocenters. The van der Waals surface area contributed by atoms with E-state index in [2.05, 4.69) is 15.3 Å². The van der Waals surface area contributed by atoms with Crippen molar-refractivity contribution in [2.24, 2.45) is 0 Å². The molecule has 1 aliphatic heterocycles. The molecule has 0 spiro atoms. The number of nitrogens with zero attached hydrogens (tertiary/aromatic N) is 3. The van der Waals surface area contributed by atoms with Crippen LogP contribution in [0.4, 0.5) is 28.0 Å². The van der Waals surface area contributed by atoms with E-state index >= 15 is 0 Å². The van der Waals surface area contributed by atoms with E-state index in [9.17, 15) is 22.4 Å². The fraction of sp³-hybridized carbons (Fsp3) is 0.267. The molecule has 132 valence electrons. The number of anilines is 1. The Morgan fingerprint density at radius 2 is 2.08 bits per heavy atom. The van der Waals surface area contributed by atoms with Gasteiger partial charge in [0, 0.05) is 24.1 Å². The van der Waals surface area contributed by atoms with Crippen molar-refractivity contribution in [1.29, 1.82) is 0 Å². The molecule has 2 amide bonds. The minimum Gasteiger partial charge on any atom is -0.314 e. The number of aromatic nitrogens is 2. The quantitative estimate of drug-likeness (QED) is 0.814. The minimum absolute atomic E-state index is 0.0888. The fourth-order valence-electron chi connectivity index (χ4n) is 2.26. The van der Waals surface area contributed by atoms with Gasteiger partial charge in [0.1, 0.15) is 5.82 Å². The minimum atomic E-state index is -4.78. The Bertz CT molecular complexity index is 793. The van der Waals surface area contributed by atoms with Gasteiger partial charge < -0.3 is 10.2 Å². The van der Waals surface area contributed by atoms with Crippen LogP contribution in [-0.2, 0) is 6.18 Å². The summed E-state index contributed by atoms with van der Waals surface area (Å²) in [5.74, 6) is 0.480. The first-order valence-corrected chi connectivity index (χ1v) is 8.33. The van der Waals surface area contributed by atoms with Gasteiger partial charge in [-0.15, -0.1) is 11.8 Å². The smallest absolute Gasteiger partial charge is 0.314 e. The highest BCUT2D eigenvalue weighted by molar-refractivity contribution is 7.99. The van der Waals surface area contributed by atoms with Gasteiger partial charge in [0.05, 0.1) is 23.5 Å². The second-order valence-electron chi connectivity index (χ2n) is 5.21. The van der Waals surface area contributed by atoms with Crippen molar-refractivity contribution in [3.05, 3.63) is 42.1 Å². The number of rotatable bonds is 2. The molecule has 1 N–H and O–H groups in total. The summed E-state index contributed by atoms with van der Waals surface area (Å²) in [5.41, 5.74) is -1.66. The average Bonchev–Trinajstić information content (AvgIpc) is 3.09. The van der Waals surface area contributed by atoms with E-state index in [1.165, 1.54) is 28.9 Å². The van der Waals surface area contributed by atoms with Crippen LogP contribution >= 0.6 is 11.8 Å². The molecule has 2 aromatic heterocycles. The molecule has 0 aliphatic carbocycles. The fourth-order valence-corrected chi connectivity index (χ4v) is 3.20. The van der Waals surface area contributed by atoms with Gasteiger partial charge in [0.15, 0.2) is 5.69 Å². The number of hydrogen-bond donors (Lipinski definition) is 1. The number of nitrogens with one attached hydrogen (secondary N) is 1. The third-order valence-electron chi connectivity index (χ3n) is 3.45. The standard InChI is InChI=1S/C15H12F4N4OS/c16-10-5-9(6-20-7-10)11-1-2-12(13(21-11)15(17,18)19)22-14(24)23-3-4-25-8-23/h1-2,5-7H,3-4,8H2,(H,22,24). The van der Waals surface area contributed by atoms with Crippen LogP contribution in [0.3, 0.4) is 0 Å². The summed E-state index contributed by atoms with van der Waals surface area (Å²) in [7, 11) is 0. The SMILES string of the molecule is O=C(Nc1ccc(-c2cncc(F)c2)nc1C(F)(F)F)N1CCSC1. The first-order chi connectivity index (χ1) is 11.8. The molecule has 0 bridgehead atoms. The van der Waals surface area contributed by atoms with E-state index < -0.39 is 29.4 Å². The topological polar surface area (TPSA) is 58.1 Å². The molecule has 3 heterocycles. The summed E-state index contributed by atoms with van der Waals surface area (Å²) in [6.07, 6.45) is -2.62. The second kappa shape index (κ2) is 6.87. The average molecular weight is 372 g/mol. The van der Waals surface area contributed by atoms with Crippen LogP contribution in [0.2, 0.25) is 0 Å². The normalized spacial score (nSPS) is 14.6. The van der Waals surface area contributed by atoms with Gasteiger partial charge in [-0.2, -0.15) is 13.2 Å². The number of halogens is 4. The number of alkyl halides is 3. The van der Waals surface area contributed by atoms with Crippen LogP contribution in [0.1, 0.15) is 5.69 Å². The van der Waals surface area contributed by atoms with Crippen LogP contribution < -0.4 is 5.32 Å². The van der Waals surface area contributed by atoms with Gasteiger partial charge in [-0.3, -0.25) is 4.98 Å². The number of carbonyl (C=O) groups excluding carboxylic acids is 1. The molecule has 5 nitrogen and oxygen atoms in total. The Morgan fingerprint density at radius 1 is 1.28 bits per heavy atom. The lowest BCUT2D eigenvalue weighted by Gasteiger charge is -2.18. The Morgan fingerprint density at radius 3 is 2.72 bits per heavy atom. The van der Waals surface area contributed by atoms with E-state index in [4.69, 9.17) is 0 Å². The van der Waals surface area contributed by atoms with Crippen molar-refractivity contribution >= 4 is 23.5 Å². The third kappa shape index (κ3) is 4.01. The van der Waals surface area contributed by atoms with Crippen LogP contribution in [0.25, 0.3) is 11.3 Å². The first-order valence-electron chi connectivity index (χ1n) is 7.17. The highest BCUT2D eigenvalue weighted by Crippen LogP contribution is 2.35. The lowest BCUT2D eigenvalue weighted by atomic mass is 10.1. The van der Waals surface area contributed by atoms with E-state index in [0.717, 1.165) is 24.1 Å². The summed E-state index contributed by atoms with van der Waals surface area (Å²) in [6, 6.07) is 2.81. The zero-order valence-electron chi connectivity index (χ0n) is 12.7. The number of carbonyl (C=O) groups is 1. The van der Waals surface area contributed by atoms with Crippen LogP contribution in [0, 0.1) is 5.82 Å². The van der Waals surface area contributed by atoms with Crippen molar-refractivity contribution in [2.75, 3.05) is 23.5 Å². The maximum Gasteiger partial charge on any atom is 0.435 e. The Labute approximate surface area is 144 Å². The number of hydrogen-bond acceptors (Lipinski definition) is 4. The predicted octanol–water partition coefficient (Wildman–Crippen LogP) is 3.84. The number of urea groups is 1. The maximum absolute atomic E-state index is 13.3. The van der Waals surface area contributed by atoms with Crippen LogP contribution in [-0.4, -0.2) is 39.1 Å². The highest BCUT2D eigenvalue weighted by Gasteiger charge is 2.37. The molecule has 2 aromatic rings. The molecule has 3 rings (SSSR count). The molecule has 1 fully saturated rings. The summed E-state index contributed by atoms with van der Waals surface area (Å²) in [4.78, 5) is 20.6. The van der Waals surface area contributed by atoms with E-state index in [0.29, 0.717) is 12.4 Å². The Kier molecular flexibility index (Phi) is 4.80. The number of thioether (sulfide) groups is 1. The van der Waals surface area contributed by atoms with Gasteiger partial charge in [0.25, 0.3) is 0 Å². The number of pyridine rings is 2. The molecule has 0 radical (unpaired) electrons. The van der Waals surface area contributed by atoms with Gasteiger partial charge in [-0.05, 0) is 18.2 Å². The highest BCUT2D eigenvalue weighted by atomic mass is 32.2. The van der Waals surface area contributed by atoms with Gasteiger partial charge >= 0.3 is 12.2 Å². The predicted molar refractivity (Wildman–Crippen MR) is 85.5 cm³/mol. The van der Waals surface area contributed by atoms with E-state index in [-0.39, 0.29) is 11.3 Å². The summed E-state index contributed by atoms with van der Waals surface area (Å²) in [5, 5.41) is 2.25. The Balaban J connectivity index is 1.94. The van der Waals surface area contributed by atoms with Gasteiger partial charge in [0.2, 0.25) is 0 Å². The van der Waals surface area contributed by atoms with Crippen LogP contribution in [0.15, 0.2) is 30.6 Å². The molecular weight excluding hydrogens is 360 g/mol. The van der Waals surface area contributed by atoms with Crippen molar-refractivity contribution in [3.63, 3.8) is 0 Å². The van der Waals surface area contributed by atoms with Crippen molar-refractivity contribution < 1.29 is 22.4 Å². The Hall–Kier alpha value is -2.36. The largest absolute Gasteiger partial charge is 0.435 e. The molecule has 0 aromatic carbocycles. The van der Waals surface area contributed by atoms with Crippen molar-refractivity contribution in [3.8, 4) is 11.3 Å².